The number of aromatic nitrogens is 7. The second kappa shape index (κ2) is 11.2. The molecule has 0 amide bonds. The number of halogens is 6. The largest absolute Gasteiger partial charge is 0.478 e. The third-order valence-corrected chi connectivity index (χ3v) is 7.92. The third-order valence-electron chi connectivity index (χ3n) is 7.92. The second-order valence-corrected chi connectivity index (χ2v) is 10.9. The number of fused-ring (bicyclic) bond motifs is 3. The van der Waals surface area contributed by atoms with Crippen molar-refractivity contribution in [3.63, 3.8) is 0 Å². The predicted octanol–water partition coefficient (Wildman–Crippen LogP) is 6.96. The van der Waals surface area contributed by atoms with Crippen LogP contribution in [0.25, 0.3) is 55.7 Å². The van der Waals surface area contributed by atoms with E-state index < -0.39 is 46.5 Å². The van der Waals surface area contributed by atoms with E-state index in [1.807, 2.05) is 0 Å². The van der Waals surface area contributed by atoms with Gasteiger partial charge < -0.3 is 15.4 Å². The van der Waals surface area contributed by atoms with Gasteiger partial charge in [-0.15, -0.1) is 10.2 Å². The summed E-state index contributed by atoms with van der Waals surface area (Å²) < 4.78 is 84.4. The van der Waals surface area contributed by atoms with Crippen molar-refractivity contribution < 1.29 is 51.4 Å². The predicted molar refractivity (Wildman–Crippen MR) is 161 cm³/mol. The lowest BCUT2D eigenvalue weighted by Gasteiger charge is -2.11. The molecule has 18 heteroatoms. The Labute approximate surface area is 273 Å². The summed E-state index contributed by atoms with van der Waals surface area (Å²) in [4.78, 5) is 22.7. The molecular formula is C32H17F6N7O5. The third kappa shape index (κ3) is 5.41. The molecule has 7 rings (SSSR count). The van der Waals surface area contributed by atoms with E-state index in [-0.39, 0.29) is 22.8 Å². The van der Waals surface area contributed by atoms with Gasteiger partial charge in [0.25, 0.3) is 0 Å². The van der Waals surface area contributed by atoms with Crippen LogP contribution in [0.4, 0.5) is 26.3 Å². The van der Waals surface area contributed by atoms with Crippen molar-refractivity contribution in [1.82, 2.24) is 34.7 Å². The van der Waals surface area contributed by atoms with Crippen LogP contribution in [0, 0.1) is 0 Å². The Morgan fingerprint density at radius 3 is 1.34 bits per heavy atom. The highest BCUT2D eigenvalue weighted by Gasteiger charge is 2.37. The van der Waals surface area contributed by atoms with E-state index in [2.05, 4.69) is 20.6 Å². The summed E-state index contributed by atoms with van der Waals surface area (Å²) in [5.74, 6) is -3.47. The summed E-state index contributed by atoms with van der Waals surface area (Å²) in [6.45, 7) is 0. The van der Waals surface area contributed by atoms with Gasteiger partial charge in [-0.05, 0) is 60.7 Å². The van der Waals surface area contributed by atoms with Crippen molar-refractivity contribution >= 4 is 33.7 Å². The molecule has 0 bridgehead atoms. The number of carboxylic acids is 2. The van der Waals surface area contributed by atoms with Crippen molar-refractivity contribution in [3.05, 3.63) is 107 Å². The van der Waals surface area contributed by atoms with Gasteiger partial charge in [0.1, 0.15) is 11.4 Å². The van der Waals surface area contributed by atoms with Gasteiger partial charge in [-0.2, -0.15) is 31.1 Å². The van der Waals surface area contributed by atoms with E-state index in [1.165, 1.54) is 12.4 Å². The standard InChI is InChI=1S/C32H17F6N7O5/c33-31(34,35)23-11-17(3-5-19(23)29(46)47)43-13-25(39-41-43)15-1-7-27-21(9-15)22-10-16(2-8-28(22)45(27)50)26-14-44(42-40-26)18-4-6-20(30(48)49)24(12-18)32(36,37)38/h1-14,50H,(H,46,47)(H,48,49). The fraction of sp³-hybridized carbons (Fsp3) is 0.0625. The Morgan fingerprint density at radius 1 is 0.580 bits per heavy atom. The maximum Gasteiger partial charge on any atom is 0.417 e. The van der Waals surface area contributed by atoms with Crippen LogP contribution >= 0.6 is 0 Å². The van der Waals surface area contributed by atoms with Gasteiger partial charge in [-0.25, -0.2) is 19.0 Å². The number of alkyl halides is 6. The Bertz CT molecular complexity index is 2340. The molecule has 252 valence electrons. The number of carboxylic acid groups (broad SMARTS) is 2. The number of hydrogen-bond donors (Lipinski definition) is 3. The Morgan fingerprint density at radius 2 is 0.980 bits per heavy atom. The zero-order valence-corrected chi connectivity index (χ0v) is 24.6. The smallest absolute Gasteiger partial charge is 0.417 e. The Kier molecular flexibility index (Phi) is 7.12. The highest BCUT2D eigenvalue weighted by atomic mass is 19.4. The molecule has 3 N–H and O–H groups in total. The second-order valence-electron chi connectivity index (χ2n) is 10.9. The number of benzene rings is 4. The molecule has 0 saturated heterocycles. The maximum atomic E-state index is 13.6. The normalized spacial score (nSPS) is 12.2. The van der Waals surface area contributed by atoms with E-state index in [0.29, 0.717) is 45.1 Å². The van der Waals surface area contributed by atoms with E-state index >= 15 is 0 Å². The molecular weight excluding hydrogens is 676 g/mol. The Hall–Kier alpha value is -6.72. The monoisotopic (exact) mass is 693 g/mol. The summed E-state index contributed by atoms with van der Waals surface area (Å²) in [6, 6.07) is 15.0. The summed E-state index contributed by atoms with van der Waals surface area (Å²) in [5, 5.41) is 46.2. The van der Waals surface area contributed by atoms with Gasteiger partial charge >= 0.3 is 24.3 Å². The van der Waals surface area contributed by atoms with Gasteiger partial charge in [0, 0.05) is 21.9 Å². The molecule has 0 aliphatic carbocycles. The molecule has 4 aromatic carbocycles. The average Bonchev–Trinajstić information content (AvgIpc) is 3.82. The molecule has 0 saturated carbocycles. The molecule has 0 aliphatic heterocycles. The maximum absolute atomic E-state index is 13.6. The quantitative estimate of drug-likeness (QED) is 0.124. The molecule has 0 unspecified atom stereocenters. The fourth-order valence-corrected chi connectivity index (χ4v) is 5.56. The van der Waals surface area contributed by atoms with Gasteiger partial charge in [0.2, 0.25) is 0 Å². The molecule has 3 heterocycles. The summed E-state index contributed by atoms with van der Waals surface area (Å²) in [6.07, 6.45) is -7.17. The first kappa shape index (κ1) is 31.9. The van der Waals surface area contributed by atoms with E-state index in [0.717, 1.165) is 38.4 Å². The van der Waals surface area contributed by atoms with Crippen LogP contribution in [0.2, 0.25) is 0 Å². The lowest BCUT2D eigenvalue weighted by Crippen LogP contribution is -2.14. The number of carbonyl (C=O) groups is 2. The van der Waals surface area contributed by atoms with Crippen molar-refractivity contribution in [2.24, 2.45) is 0 Å². The molecule has 0 aliphatic rings. The summed E-state index contributed by atoms with van der Waals surface area (Å²) in [7, 11) is 0. The fourth-order valence-electron chi connectivity index (χ4n) is 5.56. The van der Waals surface area contributed by atoms with Gasteiger partial charge in [0.15, 0.2) is 0 Å². The zero-order valence-electron chi connectivity index (χ0n) is 24.6. The van der Waals surface area contributed by atoms with E-state index in [1.54, 1.807) is 36.4 Å². The number of hydrogen-bond acceptors (Lipinski definition) is 7. The zero-order chi connectivity index (χ0) is 35.7. The van der Waals surface area contributed by atoms with Gasteiger partial charge in [-0.3, -0.25) is 0 Å². The minimum absolute atomic E-state index is 0.0840. The van der Waals surface area contributed by atoms with Crippen LogP contribution < -0.4 is 0 Å². The first-order valence-electron chi connectivity index (χ1n) is 14.1. The molecule has 7 aromatic rings. The van der Waals surface area contributed by atoms with Crippen LogP contribution in [-0.2, 0) is 12.4 Å². The Balaban J connectivity index is 1.25. The van der Waals surface area contributed by atoms with Crippen molar-refractivity contribution in [2.45, 2.75) is 12.4 Å². The molecule has 12 nitrogen and oxygen atoms in total. The van der Waals surface area contributed by atoms with E-state index in [4.69, 9.17) is 0 Å². The minimum atomic E-state index is -4.94. The van der Waals surface area contributed by atoms with Crippen LogP contribution in [0.3, 0.4) is 0 Å². The SMILES string of the molecule is O=C(O)c1ccc(-n2cc(-c3ccc4c(c3)c3cc(-c5cn(-c6ccc(C(=O)O)c(C(F)(F)F)c6)nn5)ccc3n4O)nn2)cc1C(F)(F)F. The molecule has 50 heavy (non-hydrogen) atoms. The molecule has 0 radical (unpaired) electrons. The van der Waals surface area contributed by atoms with Gasteiger partial charge in [0.05, 0.1) is 57.1 Å². The van der Waals surface area contributed by atoms with Gasteiger partial charge in [-0.1, -0.05) is 22.6 Å². The topological polar surface area (TPSA) is 161 Å². The van der Waals surface area contributed by atoms with Crippen molar-refractivity contribution in [3.8, 4) is 33.9 Å². The van der Waals surface area contributed by atoms with Crippen LogP contribution in [-0.4, -0.2) is 62.1 Å². The van der Waals surface area contributed by atoms with Crippen LogP contribution in [0.1, 0.15) is 31.8 Å². The number of rotatable bonds is 6. The lowest BCUT2D eigenvalue weighted by atomic mass is 10.0. The number of aromatic carboxylic acids is 2. The molecule has 0 fully saturated rings. The van der Waals surface area contributed by atoms with Crippen LogP contribution in [0.15, 0.2) is 85.2 Å². The molecule has 0 spiro atoms. The first-order valence-corrected chi connectivity index (χ1v) is 14.1. The highest BCUT2D eigenvalue weighted by molar-refractivity contribution is 6.10. The van der Waals surface area contributed by atoms with Crippen molar-refractivity contribution in [1.29, 1.82) is 0 Å². The van der Waals surface area contributed by atoms with E-state index in [9.17, 15) is 51.4 Å². The minimum Gasteiger partial charge on any atom is -0.478 e. The molecule has 3 aromatic heterocycles. The van der Waals surface area contributed by atoms with Crippen molar-refractivity contribution in [2.75, 3.05) is 0 Å². The highest BCUT2D eigenvalue weighted by Crippen LogP contribution is 2.37. The lowest BCUT2D eigenvalue weighted by molar-refractivity contribution is -0.138. The first-order chi connectivity index (χ1) is 23.6. The summed E-state index contributed by atoms with van der Waals surface area (Å²) in [5.41, 5.74) is -2.52. The number of nitrogens with zero attached hydrogens (tertiary/aromatic N) is 7. The molecule has 0 atom stereocenters. The average molecular weight is 694 g/mol. The summed E-state index contributed by atoms with van der Waals surface area (Å²) >= 11 is 0. The van der Waals surface area contributed by atoms with Crippen LogP contribution in [0.5, 0.6) is 0 Å².